The van der Waals surface area contributed by atoms with Crippen LogP contribution >= 0.6 is 21.4 Å². The van der Waals surface area contributed by atoms with Crippen molar-refractivity contribution < 1.29 is 52.7 Å². The smallest absolute Gasteiger partial charge is 0.406 e. The SMILES string of the molecule is C[C@@H]1C[C@H](n2c(Nc3ccc(OC(F)(F)F)cc3)nc3cc(S(=O)(=O)Cl)ccc32)CC(C)(C)C1.C[C@H]1C[C@@H](n2c(Nc3ccc(OC(F)(F)F)cc3)nc3cc(S(=O)(=O)Cl)ccc32)CC(C)(C)C1. The Bertz CT molecular complexity index is 2810. The minimum Gasteiger partial charge on any atom is -0.406 e. The van der Waals surface area contributed by atoms with Crippen LogP contribution in [0, 0.1) is 22.7 Å². The van der Waals surface area contributed by atoms with Gasteiger partial charge in [-0.15, -0.1) is 26.3 Å². The summed E-state index contributed by atoms with van der Waals surface area (Å²) < 4.78 is 134. The fraction of sp³-hybridized carbons (Fsp3) is 0.435. The molecule has 0 amide bonds. The van der Waals surface area contributed by atoms with Crippen LogP contribution in [0.15, 0.2) is 94.7 Å². The molecule has 2 aliphatic rings. The zero-order chi connectivity index (χ0) is 49.8. The minimum atomic E-state index is -4.77. The Hall–Kier alpha value is -4.92. The van der Waals surface area contributed by atoms with E-state index in [1.165, 1.54) is 72.8 Å². The minimum absolute atomic E-state index is 0.0520. The topological polar surface area (TPSA) is 146 Å². The van der Waals surface area contributed by atoms with E-state index in [4.69, 9.17) is 21.4 Å². The van der Waals surface area contributed by atoms with Crippen molar-refractivity contribution >= 4 is 84.8 Å². The van der Waals surface area contributed by atoms with Crippen molar-refractivity contribution in [3.63, 3.8) is 0 Å². The van der Waals surface area contributed by atoms with Gasteiger partial charge in [0, 0.05) is 44.8 Å². The van der Waals surface area contributed by atoms with Gasteiger partial charge in [0.2, 0.25) is 11.9 Å². The predicted molar refractivity (Wildman–Crippen MR) is 250 cm³/mol. The number of nitrogens with zero attached hydrogens (tertiary/aromatic N) is 4. The summed E-state index contributed by atoms with van der Waals surface area (Å²) in [6, 6.07) is 20.0. The number of aromatic nitrogens is 4. The number of anilines is 4. The molecule has 4 aromatic carbocycles. The largest absolute Gasteiger partial charge is 0.573 e. The van der Waals surface area contributed by atoms with Crippen molar-refractivity contribution in [3.8, 4) is 11.5 Å². The Balaban J connectivity index is 0.000000201. The molecule has 368 valence electrons. The molecule has 8 rings (SSSR count). The Kier molecular flexibility index (Phi) is 14.1. The fourth-order valence-electron chi connectivity index (χ4n) is 10.1. The lowest BCUT2D eigenvalue weighted by molar-refractivity contribution is -0.275. The Morgan fingerprint density at radius 1 is 0.574 bits per heavy atom. The number of halogens is 8. The van der Waals surface area contributed by atoms with E-state index < -0.39 is 30.8 Å². The van der Waals surface area contributed by atoms with Gasteiger partial charge in [0.15, 0.2) is 0 Å². The lowest BCUT2D eigenvalue weighted by atomic mass is 9.70. The first-order valence-corrected chi connectivity index (χ1v) is 26.2. The first kappa shape index (κ1) is 50.9. The van der Waals surface area contributed by atoms with E-state index in [0.717, 1.165) is 49.6 Å². The summed E-state index contributed by atoms with van der Waals surface area (Å²) in [6.45, 7) is 13.3. The number of rotatable bonds is 10. The predicted octanol–water partition coefficient (Wildman–Crippen LogP) is 14.0. The molecule has 22 heteroatoms. The molecule has 2 aromatic heterocycles. The number of ether oxygens (including phenoxy) is 2. The van der Waals surface area contributed by atoms with Crippen LogP contribution < -0.4 is 20.1 Å². The van der Waals surface area contributed by atoms with Crippen molar-refractivity contribution in [2.75, 3.05) is 10.6 Å². The molecule has 2 heterocycles. The summed E-state index contributed by atoms with van der Waals surface area (Å²) >= 11 is 0. The quantitative estimate of drug-likeness (QED) is 0.100. The van der Waals surface area contributed by atoms with Gasteiger partial charge in [-0.2, -0.15) is 0 Å². The van der Waals surface area contributed by atoms with Gasteiger partial charge < -0.3 is 29.2 Å². The molecule has 0 saturated heterocycles. The van der Waals surface area contributed by atoms with Gasteiger partial charge in [-0.05, 0) is 146 Å². The van der Waals surface area contributed by atoms with E-state index >= 15 is 0 Å². The number of imidazole rings is 2. The second-order valence-electron chi connectivity index (χ2n) is 19.3. The average Bonchev–Trinajstić information content (AvgIpc) is 3.73. The first-order valence-electron chi connectivity index (χ1n) is 21.6. The number of fused-ring (bicyclic) bond motifs is 2. The zero-order valence-electron chi connectivity index (χ0n) is 37.7. The fourth-order valence-corrected chi connectivity index (χ4v) is 11.6. The Labute approximate surface area is 399 Å². The molecule has 0 spiro atoms. The Morgan fingerprint density at radius 3 is 1.21 bits per heavy atom. The van der Waals surface area contributed by atoms with Gasteiger partial charge >= 0.3 is 12.7 Å². The van der Waals surface area contributed by atoms with Crippen LogP contribution in [0.3, 0.4) is 0 Å². The number of benzene rings is 4. The summed E-state index contributed by atoms with van der Waals surface area (Å²) in [5.74, 6) is 1.23. The third-order valence-electron chi connectivity index (χ3n) is 12.0. The van der Waals surface area contributed by atoms with E-state index in [1.54, 1.807) is 12.1 Å². The lowest BCUT2D eigenvalue weighted by Crippen LogP contribution is -2.29. The van der Waals surface area contributed by atoms with Crippen LogP contribution in [0.1, 0.15) is 92.2 Å². The molecule has 2 N–H and O–H groups in total. The second-order valence-corrected chi connectivity index (χ2v) is 24.4. The first-order chi connectivity index (χ1) is 31.4. The molecule has 0 radical (unpaired) electrons. The third-order valence-corrected chi connectivity index (χ3v) is 14.7. The van der Waals surface area contributed by atoms with Crippen molar-refractivity contribution in [1.29, 1.82) is 0 Å². The molecule has 0 unspecified atom stereocenters. The highest BCUT2D eigenvalue weighted by atomic mass is 35.7. The molecule has 2 saturated carbocycles. The number of hydrogen-bond donors (Lipinski definition) is 2. The third kappa shape index (κ3) is 12.8. The summed E-state index contributed by atoms with van der Waals surface area (Å²) in [5.41, 5.74) is 3.64. The maximum absolute atomic E-state index is 12.5. The van der Waals surface area contributed by atoms with Gasteiger partial charge in [0.25, 0.3) is 18.1 Å². The number of hydrogen-bond acceptors (Lipinski definition) is 10. The molecule has 0 bridgehead atoms. The standard InChI is InChI=1S/2C23H25ClF3N3O3S/c2*1-14-10-16(13-22(2,3)12-14)30-20-9-8-18(34(24,31)32)11-19(20)29-21(30)28-15-4-6-17(7-5-15)33-23(25,26)27/h2*4-9,11,14,16H,10,12-13H2,1-3H3,(H,28,29)/t2*14-,16+/m10/s1. The van der Waals surface area contributed by atoms with E-state index in [1.807, 2.05) is 0 Å². The van der Waals surface area contributed by atoms with Crippen LogP contribution in [0.2, 0.25) is 0 Å². The van der Waals surface area contributed by atoms with Gasteiger partial charge in [0.05, 0.1) is 31.9 Å². The maximum Gasteiger partial charge on any atom is 0.573 e. The van der Waals surface area contributed by atoms with Crippen LogP contribution in [0.25, 0.3) is 22.1 Å². The highest BCUT2D eigenvalue weighted by Crippen LogP contribution is 2.48. The van der Waals surface area contributed by atoms with Crippen LogP contribution in [-0.2, 0) is 18.1 Å². The number of alkyl halides is 6. The van der Waals surface area contributed by atoms with E-state index in [2.05, 4.69) is 80.8 Å². The normalized spacial score (nSPS) is 20.9. The van der Waals surface area contributed by atoms with Gasteiger partial charge in [-0.3, -0.25) is 0 Å². The summed E-state index contributed by atoms with van der Waals surface area (Å²) in [7, 11) is 3.20. The van der Waals surface area contributed by atoms with Gasteiger partial charge in [-0.1, -0.05) is 41.5 Å². The monoisotopic (exact) mass is 1030 g/mol. The molecule has 4 atom stereocenters. The molecule has 68 heavy (non-hydrogen) atoms. The summed E-state index contributed by atoms with van der Waals surface area (Å²) in [6.07, 6.45) is -3.74. The summed E-state index contributed by atoms with van der Waals surface area (Å²) in [4.78, 5) is 9.15. The van der Waals surface area contributed by atoms with Crippen molar-refractivity contribution in [1.82, 2.24) is 19.1 Å². The molecular weight excluding hydrogens is 982 g/mol. The van der Waals surface area contributed by atoms with E-state index in [9.17, 15) is 43.2 Å². The van der Waals surface area contributed by atoms with Crippen molar-refractivity contribution in [3.05, 3.63) is 84.9 Å². The average molecular weight is 1030 g/mol. The summed E-state index contributed by atoms with van der Waals surface area (Å²) in [5, 5.41) is 6.36. The van der Waals surface area contributed by atoms with E-state index in [0.29, 0.717) is 46.1 Å². The van der Waals surface area contributed by atoms with E-state index in [-0.39, 0.29) is 44.2 Å². The molecule has 6 aromatic rings. The lowest BCUT2D eigenvalue weighted by Gasteiger charge is -2.40. The molecule has 12 nitrogen and oxygen atoms in total. The van der Waals surface area contributed by atoms with Crippen LogP contribution in [-0.4, -0.2) is 48.7 Å². The zero-order valence-corrected chi connectivity index (χ0v) is 40.9. The molecule has 2 aliphatic carbocycles. The second kappa shape index (κ2) is 18.8. The van der Waals surface area contributed by atoms with Crippen molar-refractivity contribution in [2.45, 2.75) is 115 Å². The van der Waals surface area contributed by atoms with Gasteiger partial charge in [0.1, 0.15) is 11.5 Å². The Morgan fingerprint density at radius 2 is 0.912 bits per heavy atom. The van der Waals surface area contributed by atoms with Crippen LogP contribution in [0.4, 0.5) is 49.6 Å². The highest BCUT2D eigenvalue weighted by molar-refractivity contribution is 8.14. The highest BCUT2D eigenvalue weighted by Gasteiger charge is 2.37. The molecular formula is C46H50Cl2F6N6O6S2. The van der Waals surface area contributed by atoms with Crippen LogP contribution in [0.5, 0.6) is 11.5 Å². The molecule has 2 fully saturated rings. The number of nitrogens with one attached hydrogen (secondary N) is 2. The molecule has 0 aliphatic heterocycles. The van der Waals surface area contributed by atoms with Crippen molar-refractivity contribution in [2.24, 2.45) is 22.7 Å². The maximum atomic E-state index is 12.5. The van der Waals surface area contributed by atoms with Gasteiger partial charge in [-0.25, -0.2) is 26.8 Å².